The third-order valence-corrected chi connectivity index (χ3v) is 25.6. The molecule has 0 heterocycles. The number of fused-ring (bicyclic) bond motifs is 2. The van der Waals surface area contributed by atoms with Crippen LogP contribution < -0.4 is 29.4 Å². The van der Waals surface area contributed by atoms with E-state index in [1.807, 2.05) is 0 Å². The highest BCUT2D eigenvalue weighted by Crippen LogP contribution is 2.47. The molecule has 0 radical (unpaired) electrons. The lowest BCUT2D eigenvalue weighted by molar-refractivity contribution is 1.20. The highest BCUT2D eigenvalue weighted by atomic mass is 15.2. The second-order valence-corrected chi connectivity index (χ2v) is 34.0. The number of hydrogen-bond acceptors (Lipinski definition) is 6. The predicted octanol–water partition coefficient (Wildman–Crippen LogP) is 35.4. The maximum absolute atomic E-state index is 2.34. The van der Waals surface area contributed by atoms with E-state index in [0.717, 1.165) is 68.2 Å². The minimum absolute atomic E-state index is 1.10. The Kier molecular flexibility index (Phi) is 24.3. The number of aryl methyl sites for hydroxylation is 2. The van der Waals surface area contributed by atoms with E-state index in [1.54, 1.807) is 0 Å². The van der Waals surface area contributed by atoms with E-state index in [0.29, 0.717) is 0 Å². The quantitative estimate of drug-likeness (QED) is 0.0524. The third kappa shape index (κ3) is 18.2. The van der Waals surface area contributed by atoms with Gasteiger partial charge in [0.2, 0.25) is 0 Å². The molecule has 638 valence electrons. The number of rotatable bonds is 21. The Morgan fingerprint density at radius 3 is 0.647 bits per heavy atom. The zero-order valence-corrected chi connectivity index (χ0v) is 75.3. The predicted molar refractivity (Wildman–Crippen MR) is 570 cm³/mol. The van der Waals surface area contributed by atoms with E-state index in [4.69, 9.17) is 0 Å². The maximum atomic E-state index is 2.34. The zero-order chi connectivity index (χ0) is 89.9. The van der Waals surface area contributed by atoms with Crippen LogP contribution >= 0.6 is 0 Å². The molecule has 0 spiro atoms. The summed E-state index contributed by atoms with van der Waals surface area (Å²) in [5.41, 5.74) is 34.0. The lowest BCUT2D eigenvalue weighted by Crippen LogP contribution is -2.12. The SMILES string of the molecule is CN(c1ccc(N(c2ccc(-c3ccccc3)cc2)c2ccc(-c3ccccc3)cc2)cc1)c1ccc2c3cccc4cccc(c5cccc1c52)c43.Cc1ccc(N(C)c2ccc(N(c3ccc(-c4ccccc4)cc3)c3ccc(-c4ccccc4)cc3)cc2)cc1.Cc1cccc(N(C)c2ccc(N(c3ccc(-c4ccccc4)cc3)c3ccc(-c4ccccc4)cc3)cc2)c1. The molecule has 22 aromatic rings. The highest BCUT2D eigenvalue weighted by molar-refractivity contribution is 6.34. The summed E-state index contributed by atoms with van der Waals surface area (Å²) >= 11 is 0. The fourth-order valence-electron chi connectivity index (χ4n) is 18.4. The molecule has 6 heteroatoms. The van der Waals surface area contributed by atoms with Crippen LogP contribution in [0, 0.1) is 13.8 Å². The lowest BCUT2D eigenvalue weighted by atomic mass is 9.89. The largest absolute Gasteiger partial charge is 0.345 e. The second-order valence-electron chi connectivity index (χ2n) is 34.0. The monoisotopic (exact) mass is 1710 g/mol. The number of nitrogens with zero attached hydrogens (tertiary/aromatic N) is 6. The molecule has 0 amide bonds. The van der Waals surface area contributed by atoms with E-state index in [2.05, 4.69) is 580 Å². The van der Waals surface area contributed by atoms with Crippen molar-refractivity contribution in [3.05, 3.63) is 527 Å². The summed E-state index contributed by atoms with van der Waals surface area (Å²) in [4.78, 5) is 13.7. The van der Waals surface area contributed by atoms with Gasteiger partial charge in [-0.25, -0.2) is 0 Å². The van der Waals surface area contributed by atoms with Crippen LogP contribution in [0.3, 0.4) is 0 Å². The zero-order valence-electron chi connectivity index (χ0n) is 75.3. The van der Waals surface area contributed by atoms with Crippen molar-refractivity contribution in [1.82, 2.24) is 0 Å². The van der Waals surface area contributed by atoms with Gasteiger partial charge in [0, 0.05) is 112 Å². The van der Waals surface area contributed by atoms with E-state index >= 15 is 0 Å². The van der Waals surface area contributed by atoms with E-state index in [9.17, 15) is 0 Å². The van der Waals surface area contributed by atoms with Crippen LogP contribution in [0.2, 0.25) is 0 Å². The van der Waals surface area contributed by atoms with Gasteiger partial charge < -0.3 is 29.4 Å². The van der Waals surface area contributed by atoms with Crippen LogP contribution in [0.1, 0.15) is 11.1 Å². The Balaban J connectivity index is 0.000000126. The first kappa shape index (κ1) is 84.1. The molecule has 0 atom stereocenters. The molecular formula is C127H100N6. The summed E-state index contributed by atoms with van der Waals surface area (Å²) in [6.07, 6.45) is 0. The summed E-state index contributed by atoms with van der Waals surface area (Å²) in [7, 11) is 6.41. The van der Waals surface area contributed by atoms with Gasteiger partial charge in [-0.2, -0.15) is 0 Å². The van der Waals surface area contributed by atoms with Crippen LogP contribution in [0.5, 0.6) is 0 Å². The summed E-state index contributed by atoms with van der Waals surface area (Å²) in [6, 6.07) is 185. The van der Waals surface area contributed by atoms with Gasteiger partial charge in [-0.1, -0.05) is 345 Å². The minimum Gasteiger partial charge on any atom is -0.345 e. The molecule has 0 N–H and O–H groups in total. The Hall–Kier alpha value is -17.1. The van der Waals surface area contributed by atoms with Gasteiger partial charge in [0.05, 0.1) is 0 Å². The summed E-state index contributed by atoms with van der Waals surface area (Å²) in [5, 5.41) is 10.5. The Bertz CT molecular complexity index is 7330. The molecule has 133 heavy (non-hydrogen) atoms. The molecule has 22 rings (SSSR count). The first-order valence-electron chi connectivity index (χ1n) is 45.6. The average molecular weight is 1710 g/mol. The van der Waals surface area contributed by atoms with Crippen molar-refractivity contribution >= 4 is 128 Å². The highest BCUT2D eigenvalue weighted by Gasteiger charge is 2.22. The van der Waals surface area contributed by atoms with Gasteiger partial charge in [0.15, 0.2) is 0 Å². The molecular weight excluding hydrogens is 1610 g/mol. The van der Waals surface area contributed by atoms with Crippen molar-refractivity contribution in [2.45, 2.75) is 13.8 Å². The van der Waals surface area contributed by atoms with Crippen molar-refractivity contribution < 1.29 is 0 Å². The smallest absolute Gasteiger partial charge is 0.0488 e. The molecule has 0 aliphatic heterocycles. The number of hydrogen-bond donors (Lipinski definition) is 0. The molecule has 0 unspecified atom stereocenters. The van der Waals surface area contributed by atoms with Crippen LogP contribution in [0.4, 0.5) is 85.3 Å². The standard InChI is InChI=1S/C51H36N2.2C38H32N2/c1-52(49-34-33-47-45-18-9-16-39-15-8-17-44(50(39)45)46-19-10-20-48(49)51(46)47)40-29-31-43(32-30-40)53(41-25-21-37(22-26-41)35-11-4-2-5-12-35)42-27-23-38(24-28-42)36-13-6-3-7-14-36;1-29-10-9-15-38(28-29)39(2)34-24-26-37(27-25-34)40(35-20-16-32(17-21-35)30-11-5-3-6-12-30)36-22-18-33(19-23-36)31-13-7-4-8-14-31;1-29-13-19-34(20-14-29)39(2)35-25-27-38(28-26-35)40(36-21-15-32(16-22-36)30-9-5-3-6-10-30)37-23-17-33(18-24-37)31-11-7-4-8-12-31/h2-34H,1H3;2*3-28H,1-2H3. The van der Waals surface area contributed by atoms with Gasteiger partial charge >= 0.3 is 0 Å². The Morgan fingerprint density at radius 2 is 0.353 bits per heavy atom. The molecule has 0 aliphatic carbocycles. The van der Waals surface area contributed by atoms with E-state index in [-0.39, 0.29) is 0 Å². The molecule has 0 saturated carbocycles. The fraction of sp³-hybridized carbons (Fsp3) is 0.0394. The number of benzene rings is 22. The van der Waals surface area contributed by atoms with Gasteiger partial charge in [0.25, 0.3) is 0 Å². The molecule has 0 aromatic heterocycles. The normalized spacial score (nSPS) is 11.0. The van der Waals surface area contributed by atoms with E-state index < -0.39 is 0 Å². The van der Waals surface area contributed by atoms with Crippen molar-refractivity contribution in [2.75, 3.05) is 50.5 Å². The van der Waals surface area contributed by atoms with Crippen LogP contribution in [-0.4, -0.2) is 21.1 Å². The average Bonchev–Trinajstić information content (AvgIpc) is 0.715. The molecule has 6 nitrogen and oxygen atoms in total. The van der Waals surface area contributed by atoms with E-state index in [1.165, 1.54) is 138 Å². The van der Waals surface area contributed by atoms with Gasteiger partial charge in [-0.15, -0.1) is 0 Å². The molecule has 0 aliphatic rings. The van der Waals surface area contributed by atoms with Crippen LogP contribution in [-0.2, 0) is 0 Å². The molecule has 0 fully saturated rings. The number of anilines is 15. The van der Waals surface area contributed by atoms with Gasteiger partial charge in [-0.05, 0) is 300 Å². The Morgan fingerprint density at radius 1 is 0.135 bits per heavy atom. The van der Waals surface area contributed by atoms with Crippen LogP contribution in [0.25, 0.3) is 110 Å². The second kappa shape index (κ2) is 38.5. The first-order valence-corrected chi connectivity index (χ1v) is 45.6. The van der Waals surface area contributed by atoms with Crippen molar-refractivity contribution in [1.29, 1.82) is 0 Å². The first-order chi connectivity index (χ1) is 65.5. The van der Waals surface area contributed by atoms with Crippen molar-refractivity contribution in [2.24, 2.45) is 0 Å². The minimum atomic E-state index is 1.10. The fourth-order valence-corrected chi connectivity index (χ4v) is 18.4. The lowest BCUT2D eigenvalue weighted by Gasteiger charge is -2.27. The molecule has 0 saturated heterocycles. The van der Waals surface area contributed by atoms with Gasteiger partial charge in [0.1, 0.15) is 0 Å². The van der Waals surface area contributed by atoms with Gasteiger partial charge in [-0.3, -0.25) is 0 Å². The maximum Gasteiger partial charge on any atom is 0.0488 e. The molecule has 0 bridgehead atoms. The van der Waals surface area contributed by atoms with Crippen LogP contribution in [0.15, 0.2) is 516 Å². The van der Waals surface area contributed by atoms with Crippen molar-refractivity contribution in [3.63, 3.8) is 0 Å². The summed E-state index contributed by atoms with van der Waals surface area (Å²) in [6.45, 7) is 4.25. The van der Waals surface area contributed by atoms with Crippen molar-refractivity contribution in [3.8, 4) is 66.8 Å². The third-order valence-electron chi connectivity index (χ3n) is 25.6. The molecule has 22 aromatic carbocycles. The summed E-state index contributed by atoms with van der Waals surface area (Å²) in [5.74, 6) is 0. The summed E-state index contributed by atoms with van der Waals surface area (Å²) < 4.78 is 0. The Labute approximate surface area is 781 Å². The topological polar surface area (TPSA) is 19.4 Å².